The number of hydrogen-bond acceptors (Lipinski definition) is 4. The maximum Gasteiger partial charge on any atom is 0.200 e. The van der Waals surface area contributed by atoms with Gasteiger partial charge >= 0.3 is 0 Å². The average Bonchev–Trinajstić information content (AvgIpc) is 2.55. The zero-order chi connectivity index (χ0) is 10.3. The van der Waals surface area contributed by atoms with Gasteiger partial charge in [-0.2, -0.15) is 0 Å². The molecular formula is C8H13N3O2S. The predicted octanol–water partition coefficient (Wildman–Crippen LogP) is 0.133. The molecule has 1 aromatic rings. The first-order chi connectivity index (χ1) is 6.48. The first-order valence-corrected chi connectivity index (χ1v) is 6.31. The number of rotatable bonds is 1. The number of aryl methyl sites for hydroxylation is 1. The summed E-state index contributed by atoms with van der Waals surface area (Å²) in [5.41, 5.74) is 6.49. The zero-order valence-electron chi connectivity index (χ0n) is 7.97. The fourth-order valence-corrected chi connectivity index (χ4v) is 3.53. The molecule has 1 saturated heterocycles. The van der Waals surface area contributed by atoms with Crippen molar-refractivity contribution < 1.29 is 8.42 Å². The molecule has 1 fully saturated rings. The van der Waals surface area contributed by atoms with Crippen LogP contribution in [0.25, 0.3) is 0 Å². The lowest BCUT2D eigenvalue weighted by Crippen LogP contribution is -2.12. The van der Waals surface area contributed by atoms with Crippen LogP contribution in [-0.4, -0.2) is 29.5 Å². The lowest BCUT2D eigenvalue weighted by atomic mass is 10.2. The molecule has 0 spiro atoms. The van der Waals surface area contributed by atoms with Gasteiger partial charge < -0.3 is 10.3 Å². The van der Waals surface area contributed by atoms with Gasteiger partial charge in [0.05, 0.1) is 23.2 Å². The summed E-state index contributed by atoms with van der Waals surface area (Å²) >= 11 is 0. The van der Waals surface area contributed by atoms with E-state index in [0.717, 1.165) is 5.69 Å². The molecule has 0 aliphatic carbocycles. The van der Waals surface area contributed by atoms with Crippen LogP contribution in [0.2, 0.25) is 0 Å². The minimum Gasteiger partial charge on any atom is -0.369 e. The number of sulfone groups is 1. The van der Waals surface area contributed by atoms with E-state index in [9.17, 15) is 8.42 Å². The Morgan fingerprint density at radius 3 is 2.79 bits per heavy atom. The van der Waals surface area contributed by atoms with Gasteiger partial charge in [0.2, 0.25) is 5.95 Å². The second-order valence-corrected chi connectivity index (χ2v) is 5.93. The van der Waals surface area contributed by atoms with E-state index >= 15 is 0 Å². The number of aromatic nitrogens is 2. The standard InChI is InChI=1S/C8H13N3O2S/c1-6-4-11(8(9)10-6)7-2-3-14(12,13)5-7/h4,7H,2-3,5H2,1H3,(H2,9,10). The molecule has 5 nitrogen and oxygen atoms in total. The van der Waals surface area contributed by atoms with Crippen molar-refractivity contribution in [1.29, 1.82) is 0 Å². The van der Waals surface area contributed by atoms with E-state index < -0.39 is 9.84 Å². The van der Waals surface area contributed by atoms with Crippen LogP contribution in [0.5, 0.6) is 0 Å². The van der Waals surface area contributed by atoms with Crippen LogP contribution >= 0.6 is 0 Å². The lowest BCUT2D eigenvalue weighted by Gasteiger charge is -2.10. The first-order valence-electron chi connectivity index (χ1n) is 4.49. The molecule has 1 aliphatic rings. The van der Waals surface area contributed by atoms with Crippen LogP contribution in [0.3, 0.4) is 0 Å². The van der Waals surface area contributed by atoms with Gasteiger partial charge in [0.15, 0.2) is 9.84 Å². The monoisotopic (exact) mass is 215 g/mol. The summed E-state index contributed by atoms with van der Waals surface area (Å²) in [6.07, 6.45) is 2.45. The van der Waals surface area contributed by atoms with Crippen LogP contribution < -0.4 is 5.73 Å². The molecule has 0 saturated carbocycles. The van der Waals surface area contributed by atoms with E-state index in [1.165, 1.54) is 0 Å². The van der Waals surface area contributed by atoms with Crippen LogP contribution in [0.1, 0.15) is 18.2 Å². The normalized spacial score (nSPS) is 25.4. The number of hydrogen-bond donors (Lipinski definition) is 1. The fraction of sp³-hybridized carbons (Fsp3) is 0.625. The van der Waals surface area contributed by atoms with Crippen LogP contribution in [-0.2, 0) is 9.84 Å². The number of anilines is 1. The second kappa shape index (κ2) is 2.98. The van der Waals surface area contributed by atoms with Crippen molar-refractivity contribution >= 4 is 15.8 Å². The van der Waals surface area contributed by atoms with Crippen LogP contribution in [0, 0.1) is 6.92 Å². The molecule has 2 rings (SSSR count). The number of imidazole rings is 1. The first kappa shape index (κ1) is 9.51. The molecule has 2 heterocycles. The van der Waals surface area contributed by atoms with Gasteiger partial charge in [0.1, 0.15) is 0 Å². The van der Waals surface area contributed by atoms with Crippen molar-refractivity contribution in [2.45, 2.75) is 19.4 Å². The van der Waals surface area contributed by atoms with Crippen molar-refractivity contribution in [2.24, 2.45) is 0 Å². The van der Waals surface area contributed by atoms with E-state index in [2.05, 4.69) is 4.98 Å². The van der Waals surface area contributed by atoms with Crippen molar-refractivity contribution in [3.8, 4) is 0 Å². The highest BCUT2D eigenvalue weighted by molar-refractivity contribution is 7.91. The summed E-state index contributed by atoms with van der Waals surface area (Å²) in [6.45, 7) is 1.84. The summed E-state index contributed by atoms with van der Waals surface area (Å²) in [4.78, 5) is 4.05. The average molecular weight is 215 g/mol. The van der Waals surface area contributed by atoms with Crippen LogP contribution in [0.4, 0.5) is 5.95 Å². The van der Waals surface area contributed by atoms with Crippen molar-refractivity contribution in [3.05, 3.63) is 11.9 Å². The van der Waals surface area contributed by atoms with E-state index in [0.29, 0.717) is 12.4 Å². The summed E-state index contributed by atoms with van der Waals surface area (Å²) in [7, 11) is -2.86. The zero-order valence-corrected chi connectivity index (χ0v) is 8.79. The molecule has 14 heavy (non-hydrogen) atoms. The molecule has 2 N–H and O–H groups in total. The molecule has 1 aliphatic heterocycles. The Kier molecular flexibility index (Phi) is 2.02. The molecule has 0 amide bonds. The third-order valence-electron chi connectivity index (χ3n) is 2.48. The molecule has 1 atom stereocenters. The topological polar surface area (TPSA) is 78.0 Å². The molecule has 6 heteroatoms. The van der Waals surface area contributed by atoms with Crippen molar-refractivity contribution in [1.82, 2.24) is 9.55 Å². The second-order valence-electron chi connectivity index (χ2n) is 3.70. The Morgan fingerprint density at radius 1 is 1.64 bits per heavy atom. The summed E-state index contributed by atoms with van der Waals surface area (Å²) < 4.78 is 24.3. The van der Waals surface area contributed by atoms with Gasteiger partial charge in [-0.1, -0.05) is 0 Å². The maximum atomic E-state index is 11.3. The number of nitrogens with two attached hydrogens (primary N) is 1. The quantitative estimate of drug-likeness (QED) is 0.722. The fourth-order valence-electron chi connectivity index (χ4n) is 1.82. The van der Waals surface area contributed by atoms with Gasteiger partial charge in [-0.05, 0) is 13.3 Å². The minimum atomic E-state index is -2.86. The highest BCUT2D eigenvalue weighted by Crippen LogP contribution is 2.25. The largest absolute Gasteiger partial charge is 0.369 e. The van der Waals surface area contributed by atoms with Gasteiger partial charge in [-0.15, -0.1) is 0 Å². The summed E-state index contributed by atoms with van der Waals surface area (Å²) in [5.74, 6) is 0.853. The van der Waals surface area contributed by atoms with E-state index in [1.807, 2.05) is 6.92 Å². The molecule has 1 aromatic heterocycles. The number of nitrogen functional groups attached to an aromatic ring is 1. The Bertz CT molecular complexity index is 449. The molecule has 78 valence electrons. The smallest absolute Gasteiger partial charge is 0.200 e. The Labute approximate surface area is 82.9 Å². The molecular weight excluding hydrogens is 202 g/mol. The Morgan fingerprint density at radius 2 is 2.36 bits per heavy atom. The Balaban J connectivity index is 2.30. The predicted molar refractivity (Wildman–Crippen MR) is 53.7 cm³/mol. The van der Waals surface area contributed by atoms with E-state index in [1.54, 1.807) is 10.8 Å². The molecule has 1 unspecified atom stereocenters. The maximum absolute atomic E-state index is 11.3. The summed E-state index contributed by atoms with van der Waals surface area (Å²) in [6, 6.07) is -0.0267. The summed E-state index contributed by atoms with van der Waals surface area (Å²) in [5, 5.41) is 0. The molecule has 0 aromatic carbocycles. The van der Waals surface area contributed by atoms with Crippen molar-refractivity contribution in [3.63, 3.8) is 0 Å². The molecule has 0 bridgehead atoms. The third kappa shape index (κ3) is 1.61. The van der Waals surface area contributed by atoms with Gasteiger partial charge in [0.25, 0.3) is 0 Å². The SMILES string of the molecule is Cc1cn(C2CCS(=O)(=O)C2)c(N)n1. The van der Waals surface area contributed by atoms with Gasteiger partial charge in [-0.3, -0.25) is 0 Å². The third-order valence-corrected chi connectivity index (χ3v) is 4.23. The lowest BCUT2D eigenvalue weighted by molar-refractivity contribution is 0.562. The molecule has 0 radical (unpaired) electrons. The van der Waals surface area contributed by atoms with Crippen molar-refractivity contribution in [2.75, 3.05) is 17.2 Å². The minimum absolute atomic E-state index is 0.0267. The highest BCUT2D eigenvalue weighted by Gasteiger charge is 2.30. The number of nitrogens with zero attached hydrogens (tertiary/aromatic N) is 2. The van der Waals surface area contributed by atoms with Gasteiger partial charge in [-0.25, -0.2) is 13.4 Å². The van der Waals surface area contributed by atoms with E-state index in [4.69, 9.17) is 5.73 Å². The van der Waals surface area contributed by atoms with E-state index in [-0.39, 0.29) is 17.5 Å². The Hall–Kier alpha value is -1.04. The highest BCUT2D eigenvalue weighted by atomic mass is 32.2. The van der Waals surface area contributed by atoms with Crippen LogP contribution in [0.15, 0.2) is 6.20 Å². The van der Waals surface area contributed by atoms with Gasteiger partial charge in [0, 0.05) is 6.20 Å².